The van der Waals surface area contributed by atoms with E-state index in [0.29, 0.717) is 17.5 Å². The van der Waals surface area contributed by atoms with E-state index in [1.165, 1.54) is 27.8 Å². The van der Waals surface area contributed by atoms with E-state index < -0.39 is 0 Å². The number of allylic oxidation sites excluding steroid dienone is 6. The molecule has 1 atom stereocenters. The van der Waals surface area contributed by atoms with Gasteiger partial charge in [0, 0.05) is 38.6 Å². The maximum Gasteiger partial charge on any atom is 0.164 e. The Morgan fingerprint density at radius 1 is 0.702 bits per heavy atom. The molecule has 2 aromatic heterocycles. The predicted octanol–water partition coefficient (Wildman–Crippen LogP) is 9.08. The largest absolute Gasteiger partial charge is 0.456 e. The van der Waals surface area contributed by atoms with Crippen LogP contribution in [0.4, 0.5) is 0 Å². The van der Waals surface area contributed by atoms with Gasteiger partial charge in [-0.05, 0) is 53.0 Å². The highest BCUT2D eigenvalue weighted by Crippen LogP contribution is 2.52. The maximum atomic E-state index is 6.56. The number of rotatable bonds is 4. The van der Waals surface area contributed by atoms with Gasteiger partial charge in [0.2, 0.25) is 0 Å². The van der Waals surface area contributed by atoms with E-state index in [-0.39, 0.29) is 11.3 Å². The Morgan fingerprint density at radius 3 is 2.00 bits per heavy atom. The molecule has 0 bridgehead atoms. The minimum absolute atomic E-state index is 0.123. The van der Waals surface area contributed by atoms with Crippen molar-refractivity contribution in [1.29, 1.82) is 0 Å². The summed E-state index contributed by atoms with van der Waals surface area (Å²) in [6.07, 6.45) is 11.2. The van der Waals surface area contributed by atoms with Crippen molar-refractivity contribution in [2.24, 2.45) is 5.92 Å². The van der Waals surface area contributed by atoms with Crippen molar-refractivity contribution in [2.75, 3.05) is 0 Å². The number of aromatic nitrogens is 3. The summed E-state index contributed by atoms with van der Waals surface area (Å²) in [5.74, 6) is 2.05. The third-order valence-corrected chi connectivity index (χ3v) is 9.47. The molecule has 0 N–H and O–H groups in total. The molecule has 0 saturated heterocycles. The lowest BCUT2D eigenvalue weighted by Crippen LogP contribution is -2.27. The summed E-state index contributed by atoms with van der Waals surface area (Å²) >= 11 is 0. The Kier molecular flexibility index (Phi) is 6.95. The molecular weight excluding hydrogens is 574 g/mol. The van der Waals surface area contributed by atoms with Crippen molar-refractivity contribution in [3.8, 4) is 34.2 Å². The van der Waals surface area contributed by atoms with Crippen LogP contribution in [-0.2, 0) is 5.41 Å². The molecule has 2 aliphatic rings. The average molecular weight is 610 g/mol. The SMILES string of the molecule is C\C=C/C=C1\C(=C2/C=c3c(oc4cccc(-c5nc(-c6ccccc6)nc(-c6ccccc6)n5)c34)=CC2C)c2ccccc2C1(C)C. The van der Waals surface area contributed by atoms with E-state index in [1.54, 1.807) is 0 Å². The summed E-state index contributed by atoms with van der Waals surface area (Å²) in [4.78, 5) is 15.1. The zero-order chi connectivity index (χ0) is 32.1. The number of furan rings is 1. The third-order valence-electron chi connectivity index (χ3n) is 9.47. The smallest absolute Gasteiger partial charge is 0.164 e. The molecule has 2 heterocycles. The van der Waals surface area contributed by atoms with Gasteiger partial charge < -0.3 is 4.42 Å². The zero-order valence-corrected chi connectivity index (χ0v) is 27.0. The maximum absolute atomic E-state index is 6.56. The van der Waals surface area contributed by atoms with Crippen LogP contribution >= 0.6 is 0 Å². The highest BCUT2D eigenvalue weighted by atomic mass is 16.3. The van der Waals surface area contributed by atoms with Crippen LogP contribution in [0.3, 0.4) is 0 Å². The molecule has 0 fully saturated rings. The van der Waals surface area contributed by atoms with Crippen LogP contribution in [0.1, 0.15) is 38.8 Å². The molecule has 228 valence electrons. The van der Waals surface area contributed by atoms with Crippen molar-refractivity contribution in [3.63, 3.8) is 0 Å². The second-order valence-corrected chi connectivity index (χ2v) is 12.8. The molecule has 6 aromatic rings. The average Bonchev–Trinajstić information content (AvgIpc) is 3.58. The highest BCUT2D eigenvalue weighted by molar-refractivity contribution is 5.99. The lowest BCUT2D eigenvalue weighted by Gasteiger charge is -2.23. The van der Waals surface area contributed by atoms with Crippen LogP contribution in [0.2, 0.25) is 0 Å². The molecule has 4 aromatic carbocycles. The molecule has 0 radical (unpaired) electrons. The van der Waals surface area contributed by atoms with Crippen molar-refractivity contribution in [2.45, 2.75) is 33.1 Å². The van der Waals surface area contributed by atoms with E-state index in [4.69, 9.17) is 19.4 Å². The number of fused-ring (bicyclic) bond motifs is 4. The molecule has 4 heteroatoms. The first-order chi connectivity index (χ1) is 22.9. The first-order valence-corrected chi connectivity index (χ1v) is 16.2. The Bertz CT molecular complexity index is 2340. The molecule has 0 spiro atoms. The standard InChI is InChI=1S/C43H35N3O/c1-5-6-22-35-38(30-20-13-14-23-34(30)43(35,3)4)32-26-33-37(25-27(32)2)47-36-24-15-21-31(39(33)36)42-45-40(28-16-9-7-10-17-28)44-41(46-42)29-18-11-8-12-19-29/h5-27H,1-4H3/b6-5-,35-22+,38-32+. The fraction of sp³-hybridized carbons (Fsp3) is 0.140. The number of hydrogen-bond acceptors (Lipinski definition) is 4. The molecular formula is C43H35N3O. The summed E-state index contributed by atoms with van der Waals surface area (Å²) in [7, 11) is 0. The Balaban J connectivity index is 1.41. The summed E-state index contributed by atoms with van der Waals surface area (Å²) < 4.78 is 6.56. The first kappa shape index (κ1) is 28.8. The minimum atomic E-state index is -0.123. The summed E-state index contributed by atoms with van der Waals surface area (Å²) in [5.41, 5.74) is 11.0. The van der Waals surface area contributed by atoms with E-state index in [2.05, 4.69) is 88.4 Å². The topological polar surface area (TPSA) is 51.8 Å². The second kappa shape index (κ2) is 11.3. The quantitative estimate of drug-likeness (QED) is 0.200. The van der Waals surface area contributed by atoms with Gasteiger partial charge in [0.15, 0.2) is 17.5 Å². The van der Waals surface area contributed by atoms with Crippen LogP contribution < -0.4 is 10.6 Å². The van der Waals surface area contributed by atoms with Gasteiger partial charge in [0.25, 0.3) is 0 Å². The fourth-order valence-electron chi connectivity index (χ4n) is 7.12. The number of benzene rings is 4. The lowest BCUT2D eigenvalue weighted by atomic mass is 9.80. The molecule has 4 nitrogen and oxygen atoms in total. The monoisotopic (exact) mass is 609 g/mol. The number of hydrogen-bond donors (Lipinski definition) is 0. The van der Waals surface area contributed by atoms with E-state index >= 15 is 0 Å². The minimum Gasteiger partial charge on any atom is -0.456 e. The fourth-order valence-corrected chi connectivity index (χ4v) is 7.12. The van der Waals surface area contributed by atoms with Crippen molar-refractivity contribution < 1.29 is 4.42 Å². The summed E-state index contributed by atoms with van der Waals surface area (Å²) in [6, 6.07) is 35.2. The second-order valence-electron chi connectivity index (χ2n) is 12.8. The van der Waals surface area contributed by atoms with Crippen molar-refractivity contribution >= 4 is 28.7 Å². The van der Waals surface area contributed by atoms with Gasteiger partial charge >= 0.3 is 0 Å². The van der Waals surface area contributed by atoms with Gasteiger partial charge in [-0.3, -0.25) is 0 Å². The lowest BCUT2D eigenvalue weighted by molar-refractivity contribution is 0.569. The van der Waals surface area contributed by atoms with Crippen LogP contribution in [-0.4, -0.2) is 15.0 Å². The van der Waals surface area contributed by atoms with Crippen molar-refractivity contribution in [1.82, 2.24) is 15.0 Å². The van der Waals surface area contributed by atoms with E-state index in [1.807, 2.05) is 72.8 Å². The van der Waals surface area contributed by atoms with Crippen LogP contribution in [0.25, 0.3) is 62.9 Å². The molecule has 8 rings (SSSR count). The van der Waals surface area contributed by atoms with Crippen LogP contribution in [0.5, 0.6) is 0 Å². The molecule has 0 amide bonds. The van der Waals surface area contributed by atoms with Gasteiger partial charge in [0.1, 0.15) is 11.0 Å². The van der Waals surface area contributed by atoms with Crippen LogP contribution in [0, 0.1) is 5.92 Å². The predicted molar refractivity (Wildman–Crippen MR) is 193 cm³/mol. The Labute approximate surface area is 274 Å². The molecule has 47 heavy (non-hydrogen) atoms. The van der Waals surface area contributed by atoms with Crippen LogP contribution in [0.15, 0.2) is 137 Å². The molecule has 2 aliphatic carbocycles. The molecule has 0 saturated carbocycles. The number of nitrogens with zero attached hydrogens (tertiary/aromatic N) is 3. The normalized spacial score (nSPS) is 19.1. The van der Waals surface area contributed by atoms with E-state index in [9.17, 15) is 0 Å². The highest BCUT2D eigenvalue weighted by Gasteiger charge is 2.39. The summed E-state index contributed by atoms with van der Waals surface area (Å²) in [5, 5.41) is 2.07. The van der Waals surface area contributed by atoms with Gasteiger partial charge in [-0.2, -0.15) is 0 Å². The zero-order valence-electron chi connectivity index (χ0n) is 27.0. The van der Waals surface area contributed by atoms with Gasteiger partial charge in [-0.15, -0.1) is 0 Å². The molecule has 0 aliphatic heterocycles. The van der Waals surface area contributed by atoms with Crippen molar-refractivity contribution in [3.05, 3.63) is 154 Å². The molecule has 1 unspecified atom stereocenters. The third kappa shape index (κ3) is 4.80. The van der Waals surface area contributed by atoms with E-state index in [0.717, 1.165) is 38.3 Å². The van der Waals surface area contributed by atoms with Gasteiger partial charge in [-0.25, -0.2) is 15.0 Å². The van der Waals surface area contributed by atoms with Gasteiger partial charge in [0.05, 0.1) is 0 Å². The Morgan fingerprint density at radius 2 is 1.32 bits per heavy atom. The van der Waals surface area contributed by atoms with Gasteiger partial charge in [-0.1, -0.05) is 136 Å². The summed E-state index contributed by atoms with van der Waals surface area (Å²) in [6.45, 7) is 9.00. The Hall–Kier alpha value is -5.61. The first-order valence-electron chi connectivity index (χ1n) is 16.2.